The van der Waals surface area contributed by atoms with E-state index in [2.05, 4.69) is 37.4 Å². The topological polar surface area (TPSA) is 12.0 Å². The zero-order valence-electron chi connectivity index (χ0n) is 9.14. The maximum absolute atomic E-state index is 3.60. The molecule has 76 valence electrons. The molecule has 1 heteroatoms. The highest BCUT2D eigenvalue weighted by molar-refractivity contribution is 5.35. The van der Waals surface area contributed by atoms with E-state index in [1.165, 1.54) is 30.4 Å². The molecule has 2 rings (SSSR count). The van der Waals surface area contributed by atoms with Gasteiger partial charge in [0.25, 0.3) is 0 Å². The maximum Gasteiger partial charge on any atom is 0.0323 e. The first-order valence-corrected chi connectivity index (χ1v) is 5.64. The lowest BCUT2D eigenvalue weighted by molar-refractivity contribution is 0.471. The van der Waals surface area contributed by atoms with Gasteiger partial charge in [0, 0.05) is 6.04 Å². The number of fused-ring (bicyclic) bond motifs is 1. The quantitative estimate of drug-likeness (QED) is 0.754. The highest BCUT2D eigenvalue weighted by Crippen LogP contribution is 2.26. The van der Waals surface area contributed by atoms with E-state index < -0.39 is 0 Å². The molecule has 0 saturated heterocycles. The molecule has 1 aromatic carbocycles. The van der Waals surface area contributed by atoms with Gasteiger partial charge in [-0.1, -0.05) is 37.1 Å². The Morgan fingerprint density at radius 2 is 2.29 bits per heavy atom. The monoisotopic (exact) mass is 189 g/mol. The minimum Gasteiger partial charge on any atom is -0.310 e. The zero-order chi connectivity index (χ0) is 9.97. The van der Waals surface area contributed by atoms with Crippen LogP contribution in [0.4, 0.5) is 0 Å². The fourth-order valence-corrected chi connectivity index (χ4v) is 2.33. The van der Waals surface area contributed by atoms with Crippen LogP contribution in [0.25, 0.3) is 0 Å². The van der Waals surface area contributed by atoms with Gasteiger partial charge in [0.1, 0.15) is 0 Å². The first-order chi connectivity index (χ1) is 6.81. The van der Waals surface area contributed by atoms with E-state index in [0.29, 0.717) is 6.04 Å². The van der Waals surface area contributed by atoms with Crippen molar-refractivity contribution in [1.82, 2.24) is 5.32 Å². The lowest BCUT2D eigenvalue weighted by Gasteiger charge is -2.27. The molecule has 0 fully saturated rings. The van der Waals surface area contributed by atoms with E-state index in [0.717, 1.165) is 6.54 Å². The fourth-order valence-electron chi connectivity index (χ4n) is 2.33. The van der Waals surface area contributed by atoms with E-state index >= 15 is 0 Å². The van der Waals surface area contributed by atoms with Gasteiger partial charge in [0.05, 0.1) is 0 Å². The SMILES string of the molecule is CCCC1NCCc2cc(C)ccc21. The maximum atomic E-state index is 3.60. The van der Waals surface area contributed by atoms with Crippen molar-refractivity contribution in [2.75, 3.05) is 6.54 Å². The summed E-state index contributed by atoms with van der Waals surface area (Å²) < 4.78 is 0. The molecule has 1 N–H and O–H groups in total. The number of hydrogen-bond donors (Lipinski definition) is 1. The molecule has 0 bridgehead atoms. The number of nitrogens with one attached hydrogen (secondary N) is 1. The summed E-state index contributed by atoms with van der Waals surface area (Å²) in [5, 5.41) is 3.60. The van der Waals surface area contributed by atoms with Crippen molar-refractivity contribution in [3.05, 3.63) is 34.9 Å². The third kappa shape index (κ3) is 1.83. The van der Waals surface area contributed by atoms with E-state index in [4.69, 9.17) is 0 Å². The van der Waals surface area contributed by atoms with Gasteiger partial charge in [-0.2, -0.15) is 0 Å². The van der Waals surface area contributed by atoms with Gasteiger partial charge in [0.2, 0.25) is 0 Å². The van der Waals surface area contributed by atoms with Crippen LogP contribution in [-0.2, 0) is 6.42 Å². The van der Waals surface area contributed by atoms with Crippen molar-refractivity contribution in [3.8, 4) is 0 Å². The molecule has 1 aromatic rings. The van der Waals surface area contributed by atoms with Crippen LogP contribution in [0.1, 0.15) is 42.5 Å². The highest BCUT2D eigenvalue weighted by atomic mass is 14.9. The Bertz CT molecular complexity index is 317. The summed E-state index contributed by atoms with van der Waals surface area (Å²) in [5.41, 5.74) is 4.48. The average molecular weight is 189 g/mol. The Balaban J connectivity index is 2.30. The predicted octanol–water partition coefficient (Wildman–Crippen LogP) is 2.98. The molecule has 0 aromatic heterocycles. The van der Waals surface area contributed by atoms with Crippen LogP contribution in [-0.4, -0.2) is 6.54 Å². The summed E-state index contributed by atoms with van der Waals surface area (Å²) in [6, 6.07) is 7.48. The summed E-state index contributed by atoms with van der Waals surface area (Å²) in [6.45, 7) is 5.57. The first kappa shape index (κ1) is 9.72. The normalized spacial score (nSPS) is 20.6. The molecular weight excluding hydrogens is 170 g/mol. The van der Waals surface area contributed by atoms with Crippen molar-refractivity contribution in [1.29, 1.82) is 0 Å². The predicted molar refractivity (Wildman–Crippen MR) is 60.5 cm³/mol. The summed E-state index contributed by atoms with van der Waals surface area (Å²) in [5.74, 6) is 0. The molecule has 14 heavy (non-hydrogen) atoms. The van der Waals surface area contributed by atoms with E-state index in [9.17, 15) is 0 Å². The Morgan fingerprint density at radius 1 is 1.43 bits per heavy atom. The second kappa shape index (κ2) is 4.14. The number of hydrogen-bond acceptors (Lipinski definition) is 1. The molecule has 1 unspecified atom stereocenters. The van der Waals surface area contributed by atoms with Crippen LogP contribution < -0.4 is 5.32 Å². The van der Waals surface area contributed by atoms with Crippen molar-refractivity contribution < 1.29 is 0 Å². The van der Waals surface area contributed by atoms with Gasteiger partial charge < -0.3 is 5.32 Å². The third-order valence-corrected chi connectivity index (χ3v) is 3.04. The van der Waals surface area contributed by atoms with E-state index in [1.54, 1.807) is 5.56 Å². The molecule has 1 aliphatic heterocycles. The molecule has 0 aliphatic carbocycles. The van der Waals surface area contributed by atoms with E-state index in [-0.39, 0.29) is 0 Å². The Morgan fingerprint density at radius 3 is 3.07 bits per heavy atom. The van der Waals surface area contributed by atoms with Crippen LogP contribution >= 0.6 is 0 Å². The summed E-state index contributed by atoms with van der Waals surface area (Å²) in [6.07, 6.45) is 3.71. The van der Waals surface area contributed by atoms with Crippen LogP contribution in [0.3, 0.4) is 0 Å². The average Bonchev–Trinajstić information content (AvgIpc) is 2.18. The van der Waals surface area contributed by atoms with Crippen molar-refractivity contribution in [2.24, 2.45) is 0 Å². The molecule has 0 saturated carbocycles. The van der Waals surface area contributed by atoms with Crippen molar-refractivity contribution in [3.63, 3.8) is 0 Å². The minimum absolute atomic E-state index is 0.601. The Labute approximate surface area is 86.5 Å². The smallest absolute Gasteiger partial charge is 0.0323 e. The number of benzene rings is 1. The molecule has 1 atom stereocenters. The van der Waals surface area contributed by atoms with E-state index in [1.807, 2.05) is 0 Å². The molecule has 0 amide bonds. The largest absolute Gasteiger partial charge is 0.310 e. The lowest BCUT2D eigenvalue weighted by Crippen LogP contribution is -2.29. The van der Waals surface area contributed by atoms with Crippen LogP contribution in [0.5, 0.6) is 0 Å². The Hall–Kier alpha value is -0.820. The van der Waals surface area contributed by atoms with Gasteiger partial charge >= 0.3 is 0 Å². The van der Waals surface area contributed by atoms with Crippen molar-refractivity contribution >= 4 is 0 Å². The van der Waals surface area contributed by atoms with Crippen LogP contribution in [0, 0.1) is 6.92 Å². The minimum atomic E-state index is 0.601. The van der Waals surface area contributed by atoms with Gasteiger partial charge in [-0.15, -0.1) is 0 Å². The standard InChI is InChI=1S/C13H19N/c1-3-4-13-12-6-5-10(2)9-11(12)7-8-14-13/h5-6,9,13-14H,3-4,7-8H2,1-2H3. The summed E-state index contributed by atoms with van der Waals surface area (Å²) in [4.78, 5) is 0. The zero-order valence-corrected chi connectivity index (χ0v) is 9.14. The Kier molecular flexibility index (Phi) is 2.87. The molecular formula is C13H19N. The summed E-state index contributed by atoms with van der Waals surface area (Å²) in [7, 11) is 0. The molecule has 1 heterocycles. The molecule has 1 nitrogen and oxygen atoms in total. The number of aryl methyl sites for hydroxylation is 1. The van der Waals surface area contributed by atoms with Gasteiger partial charge in [-0.05, 0) is 37.4 Å². The van der Waals surface area contributed by atoms with Gasteiger partial charge in [-0.3, -0.25) is 0 Å². The molecule has 0 spiro atoms. The fraction of sp³-hybridized carbons (Fsp3) is 0.538. The second-order valence-corrected chi connectivity index (χ2v) is 4.25. The highest BCUT2D eigenvalue weighted by Gasteiger charge is 2.17. The summed E-state index contributed by atoms with van der Waals surface area (Å²) >= 11 is 0. The molecule has 1 aliphatic rings. The lowest BCUT2D eigenvalue weighted by atomic mass is 9.91. The van der Waals surface area contributed by atoms with Gasteiger partial charge in [0.15, 0.2) is 0 Å². The number of rotatable bonds is 2. The van der Waals surface area contributed by atoms with Crippen molar-refractivity contribution in [2.45, 2.75) is 39.2 Å². The molecule has 0 radical (unpaired) electrons. The van der Waals surface area contributed by atoms with Crippen LogP contribution in [0.2, 0.25) is 0 Å². The second-order valence-electron chi connectivity index (χ2n) is 4.25. The third-order valence-electron chi connectivity index (χ3n) is 3.04. The van der Waals surface area contributed by atoms with Crippen LogP contribution in [0.15, 0.2) is 18.2 Å². The first-order valence-electron chi connectivity index (χ1n) is 5.64. The van der Waals surface area contributed by atoms with Gasteiger partial charge in [-0.25, -0.2) is 0 Å².